The average Bonchev–Trinajstić information content (AvgIpc) is 2.69. The molecule has 0 aliphatic carbocycles. The van der Waals surface area contributed by atoms with Crippen molar-refractivity contribution in [2.24, 2.45) is 0 Å². The number of carbonyl (C=O) groups excluding carboxylic acids is 1. The summed E-state index contributed by atoms with van der Waals surface area (Å²) in [4.78, 5) is 11.3. The molecule has 16 heavy (non-hydrogen) atoms. The summed E-state index contributed by atoms with van der Waals surface area (Å²) in [5, 5.41) is 10.6. The quantitative estimate of drug-likeness (QED) is 0.786. The van der Waals surface area contributed by atoms with Crippen molar-refractivity contribution in [3.63, 3.8) is 0 Å². The molecule has 0 fully saturated rings. The van der Waals surface area contributed by atoms with E-state index in [0.29, 0.717) is 11.1 Å². The van der Waals surface area contributed by atoms with Crippen molar-refractivity contribution >= 4 is 16.9 Å². The minimum Gasteiger partial charge on any atom is -0.467 e. The molecule has 0 amide bonds. The Morgan fingerprint density at radius 1 is 1.50 bits per heavy atom. The second-order valence-corrected chi connectivity index (χ2v) is 3.56. The molecule has 2 rings (SSSR count). The third-order valence-corrected chi connectivity index (χ3v) is 2.53. The number of fused-ring (bicyclic) bond motifs is 1. The Kier molecular flexibility index (Phi) is 2.66. The molecule has 0 radical (unpaired) electrons. The van der Waals surface area contributed by atoms with E-state index in [1.54, 1.807) is 24.5 Å². The molecule has 1 atom stereocenters. The highest BCUT2D eigenvalue weighted by Gasteiger charge is 2.21. The zero-order valence-electron chi connectivity index (χ0n) is 9.06. The van der Waals surface area contributed by atoms with Crippen molar-refractivity contribution in [1.82, 2.24) is 0 Å². The number of esters is 1. The van der Waals surface area contributed by atoms with E-state index in [1.165, 1.54) is 7.11 Å². The summed E-state index contributed by atoms with van der Waals surface area (Å²) < 4.78 is 9.80. The lowest BCUT2D eigenvalue weighted by Gasteiger charge is -2.09. The van der Waals surface area contributed by atoms with Crippen LogP contribution in [-0.4, -0.2) is 18.2 Å². The van der Waals surface area contributed by atoms with Gasteiger partial charge in [-0.05, 0) is 18.6 Å². The first-order chi connectivity index (χ1) is 7.65. The van der Waals surface area contributed by atoms with Crippen LogP contribution in [0.4, 0.5) is 0 Å². The number of rotatable bonds is 2. The van der Waals surface area contributed by atoms with Crippen LogP contribution >= 0.6 is 0 Å². The van der Waals surface area contributed by atoms with Crippen molar-refractivity contribution in [2.45, 2.75) is 13.0 Å². The summed E-state index contributed by atoms with van der Waals surface area (Å²) in [6, 6.07) is 5.20. The molecule has 4 nitrogen and oxygen atoms in total. The molecule has 4 heteroatoms. The molecule has 0 saturated heterocycles. The summed E-state index contributed by atoms with van der Waals surface area (Å²) in [5.74, 6) is -0.673. The molecule has 0 spiro atoms. The number of aliphatic hydroxyl groups is 1. The number of ether oxygens (including phenoxy) is 1. The maximum Gasteiger partial charge on any atom is 0.339 e. The number of benzene rings is 1. The van der Waals surface area contributed by atoms with Crippen LogP contribution in [-0.2, 0) is 9.53 Å². The molecule has 84 valence electrons. The van der Waals surface area contributed by atoms with E-state index in [-0.39, 0.29) is 0 Å². The van der Waals surface area contributed by atoms with Gasteiger partial charge in [0.05, 0.1) is 13.4 Å². The fourth-order valence-electron chi connectivity index (χ4n) is 1.75. The first-order valence-corrected chi connectivity index (χ1v) is 4.87. The Labute approximate surface area is 92.4 Å². The van der Waals surface area contributed by atoms with E-state index >= 15 is 0 Å². The first kappa shape index (κ1) is 10.7. The molecular formula is C12H12O4. The highest BCUT2D eigenvalue weighted by molar-refractivity contribution is 5.89. The number of methoxy groups -OCH3 is 1. The second kappa shape index (κ2) is 3.98. The molecular weight excluding hydrogens is 208 g/mol. The Balaban J connectivity index is 2.59. The van der Waals surface area contributed by atoms with E-state index in [9.17, 15) is 9.90 Å². The highest BCUT2D eigenvalue weighted by Crippen LogP contribution is 2.29. The van der Waals surface area contributed by atoms with Gasteiger partial charge in [0.25, 0.3) is 0 Å². The third kappa shape index (κ3) is 1.57. The van der Waals surface area contributed by atoms with Crippen molar-refractivity contribution in [3.05, 3.63) is 35.6 Å². The van der Waals surface area contributed by atoms with Crippen LogP contribution in [0.25, 0.3) is 11.0 Å². The molecule has 1 heterocycles. The largest absolute Gasteiger partial charge is 0.467 e. The van der Waals surface area contributed by atoms with Gasteiger partial charge >= 0.3 is 5.97 Å². The van der Waals surface area contributed by atoms with Gasteiger partial charge in [-0.2, -0.15) is 0 Å². The van der Waals surface area contributed by atoms with Gasteiger partial charge in [0, 0.05) is 10.9 Å². The lowest BCUT2D eigenvalue weighted by molar-refractivity contribution is -0.150. The normalized spacial score (nSPS) is 12.7. The highest BCUT2D eigenvalue weighted by atomic mass is 16.5. The Hall–Kier alpha value is -1.81. The minimum absolute atomic E-state index is 0.510. The maximum absolute atomic E-state index is 11.3. The monoisotopic (exact) mass is 220 g/mol. The third-order valence-electron chi connectivity index (χ3n) is 2.53. The second-order valence-electron chi connectivity index (χ2n) is 3.56. The molecule has 0 aliphatic rings. The van der Waals surface area contributed by atoms with E-state index in [4.69, 9.17) is 4.42 Å². The summed E-state index contributed by atoms with van der Waals surface area (Å²) in [6.45, 7) is 1.86. The van der Waals surface area contributed by atoms with Gasteiger partial charge in [-0.1, -0.05) is 12.1 Å². The summed E-state index contributed by atoms with van der Waals surface area (Å²) in [6.07, 6.45) is 0.322. The van der Waals surface area contributed by atoms with Crippen LogP contribution in [0.5, 0.6) is 0 Å². The number of aliphatic hydroxyl groups excluding tert-OH is 1. The Morgan fingerprint density at radius 2 is 2.25 bits per heavy atom. The zero-order valence-corrected chi connectivity index (χ0v) is 9.06. The standard InChI is InChI=1S/C12H12O4/c1-7-6-16-9-5-3-4-8(10(7)9)11(13)12(14)15-2/h3-6,11,13H,1-2H3. The van der Waals surface area contributed by atoms with Crippen LogP contribution in [0.3, 0.4) is 0 Å². The number of hydrogen-bond donors (Lipinski definition) is 1. The van der Waals surface area contributed by atoms with Crippen LogP contribution in [0.1, 0.15) is 17.2 Å². The SMILES string of the molecule is COC(=O)C(O)c1cccc2occ(C)c12. The van der Waals surface area contributed by atoms with E-state index in [1.807, 2.05) is 6.92 Å². The average molecular weight is 220 g/mol. The summed E-state index contributed by atoms with van der Waals surface area (Å²) in [7, 11) is 1.24. The van der Waals surface area contributed by atoms with E-state index in [2.05, 4.69) is 4.74 Å². The van der Waals surface area contributed by atoms with Gasteiger partial charge in [-0.15, -0.1) is 0 Å². The van der Waals surface area contributed by atoms with Crippen molar-refractivity contribution in [3.8, 4) is 0 Å². The number of aryl methyl sites for hydroxylation is 1. The van der Waals surface area contributed by atoms with Crippen molar-refractivity contribution in [2.75, 3.05) is 7.11 Å². The van der Waals surface area contributed by atoms with Gasteiger partial charge in [0.1, 0.15) is 5.58 Å². The Morgan fingerprint density at radius 3 is 2.94 bits per heavy atom. The van der Waals surface area contributed by atoms with Gasteiger partial charge in [0.15, 0.2) is 6.10 Å². The Bertz CT molecular complexity index is 527. The molecule has 1 aromatic carbocycles. The van der Waals surface area contributed by atoms with Crippen molar-refractivity contribution < 1.29 is 19.1 Å². The maximum atomic E-state index is 11.3. The smallest absolute Gasteiger partial charge is 0.339 e. The predicted octanol–water partition coefficient (Wildman–Crippen LogP) is 1.95. The van der Waals surface area contributed by atoms with Gasteiger partial charge in [-0.25, -0.2) is 4.79 Å². The molecule has 1 aromatic heterocycles. The minimum atomic E-state index is -1.27. The predicted molar refractivity (Wildman–Crippen MR) is 57.9 cm³/mol. The van der Waals surface area contributed by atoms with Crippen LogP contribution in [0.2, 0.25) is 0 Å². The molecule has 0 saturated carbocycles. The van der Waals surface area contributed by atoms with E-state index < -0.39 is 12.1 Å². The summed E-state index contributed by atoms with van der Waals surface area (Å²) >= 11 is 0. The van der Waals surface area contributed by atoms with Crippen LogP contribution < -0.4 is 0 Å². The number of carbonyl (C=O) groups is 1. The fraction of sp³-hybridized carbons (Fsp3) is 0.250. The topological polar surface area (TPSA) is 59.7 Å². The lowest BCUT2D eigenvalue weighted by atomic mass is 10.0. The van der Waals surface area contributed by atoms with Crippen LogP contribution in [0.15, 0.2) is 28.9 Å². The number of hydrogen-bond acceptors (Lipinski definition) is 4. The zero-order chi connectivity index (χ0) is 11.7. The molecule has 2 aromatic rings. The molecule has 0 aliphatic heterocycles. The fourth-order valence-corrected chi connectivity index (χ4v) is 1.75. The van der Waals surface area contributed by atoms with Gasteiger partial charge < -0.3 is 14.3 Å². The van der Waals surface area contributed by atoms with Gasteiger partial charge in [0.2, 0.25) is 0 Å². The number of furan rings is 1. The molecule has 1 N–H and O–H groups in total. The van der Waals surface area contributed by atoms with Crippen LogP contribution in [0, 0.1) is 6.92 Å². The lowest BCUT2D eigenvalue weighted by Crippen LogP contribution is -2.13. The molecule has 0 bridgehead atoms. The summed E-state index contributed by atoms with van der Waals surface area (Å²) in [5.41, 5.74) is 2.04. The molecule has 1 unspecified atom stereocenters. The van der Waals surface area contributed by atoms with E-state index in [0.717, 1.165) is 10.9 Å². The first-order valence-electron chi connectivity index (χ1n) is 4.87. The van der Waals surface area contributed by atoms with Crippen molar-refractivity contribution in [1.29, 1.82) is 0 Å². The van der Waals surface area contributed by atoms with Gasteiger partial charge in [-0.3, -0.25) is 0 Å².